The van der Waals surface area contributed by atoms with Gasteiger partial charge in [0.15, 0.2) is 0 Å². The van der Waals surface area contributed by atoms with Gasteiger partial charge in [-0.05, 0) is 81.4 Å². The molecule has 238 valence electrons. The Morgan fingerprint density at radius 3 is 1.84 bits per heavy atom. The smallest absolute Gasteiger partial charge is 0.145 e. The summed E-state index contributed by atoms with van der Waals surface area (Å²) in [7, 11) is 0. The van der Waals surface area contributed by atoms with E-state index in [0.717, 1.165) is 33.8 Å². The molecule has 0 saturated carbocycles. The Labute approximate surface area is 288 Å². The van der Waals surface area contributed by atoms with Gasteiger partial charge in [-0.2, -0.15) is 0 Å². The van der Waals surface area contributed by atoms with Crippen LogP contribution in [0, 0.1) is 0 Å². The Balaban J connectivity index is 1.26. The molecule has 0 bridgehead atoms. The van der Waals surface area contributed by atoms with Gasteiger partial charge in [0, 0.05) is 33.1 Å². The van der Waals surface area contributed by atoms with Crippen LogP contribution in [0.3, 0.4) is 0 Å². The number of anilines is 3. The highest BCUT2D eigenvalue weighted by Gasteiger charge is 2.37. The summed E-state index contributed by atoms with van der Waals surface area (Å²) in [4.78, 5) is 7.89. The summed E-state index contributed by atoms with van der Waals surface area (Å²) in [6, 6.07) is 53.0. The average molecular weight is 634 g/mol. The van der Waals surface area contributed by atoms with Gasteiger partial charge in [0.2, 0.25) is 0 Å². The van der Waals surface area contributed by atoms with Crippen molar-refractivity contribution in [1.82, 2.24) is 9.55 Å². The molecule has 0 fully saturated rings. The summed E-state index contributed by atoms with van der Waals surface area (Å²) >= 11 is 0. The highest BCUT2D eigenvalue weighted by molar-refractivity contribution is 6.24. The minimum Gasteiger partial charge on any atom is -0.310 e. The number of hydrogen-bond donors (Lipinski definition) is 0. The minimum atomic E-state index is -0.129. The molecule has 0 radical (unpaired) electrons. The van der Waals surface area contributed by atoms with E-state index in [9.17, 15) is 0 Å². The molecule has 1 aliphatic rings. The zero-order valence-corrected chi connectivity index (χ0v) is 28.7. The van der Waals surface area contributed by atoms with Crippen LogP contribution >= 0.6 is 0 Å². The summed E-state index contributed by atoms with van der Waals surface area (Å²) < 4.78 is 2.35. The first-order valence-electron chi connectivity index (χ1n) is 17.2. The molecule has 0 N–H and O–H groups in total. The standard InChI is InChI=1S/C46H39N3/c1-45(2,3)31-25-28-41-39(29-31)46(4,5)38-21-13-14-22-40(38)48(41)33-26-23-30(24-27-33)44-47-42-36-19-11-9-17-34(36)35-18-10-12-20-37(35)43(42)49(44)32-15-7-6-8-16-32/h6-29H,1-5H3. The fourth-order valence-electron chi connectivity index (χ4n) is 7.94. The molecule has 0 amide bonds. The van der Waals surface area contributed by atoms with Crippen molar-refractivity contribution in [3.05, 3.63) is 162 Å². The fraction of sp³-hybridized carbons (Fsp3) is 0.152. The first kappa shape index (κ1) is 29.5. The lowest BCUT2D eigenvalue weighted by Crippen LogP contribution is -2.31. The topological polar surface area (TPSA) is 21.1 Å². The van der Waals surface area contributed by atoms with Crippen molar-refractivity contribution < 1.29 is 0 Å². The molecule has 0 unspecified atom stereocenters. The summed E-state index contributed by atoms with van der Waals surface area (Å²) in [5.74, 6) is 0.935. The Morgan fingerprint density at radius 2 is 1.12 bits per heavy atom. The van der Waals surface area contributed by atoms with E-state index in [1.165, 1.54) is 49.6 Å². The van der Waals surface area contributed by atoms with Crippen molar-refractivity contribution in [2.24, 2.45) is 0 Å². The molecule has 0 spiro atoms. The van der Waals surface area contributed by atoms with E-state index in [2.05, 4.69) is 190 Å². The third-order valence-corrected chi connectivity index (χ3v) is 10.5. The van der Waals surface area contributed by atoms with Gasteiger partial charge >= 0.3 is 0 Å². The maximum absolute atomic E-state index is 5.45. The molecule has 3 heteroatoms. The molecule has 0 atom stereocenters. The second kappa shape index (κ2) is 10.7. The first-order valence-corrected chi connectivity index (χ1v) is 17.2. The van der Waals surface area contributed by atoms with Crippen LogP contribution in [0.2, 0.25) is 0 Å². The molecule has 0 saturated heterocycles. The van der Waals surface area contributed by atoms with E-state index in [1.54, 1.807) is 0 Å². The van der Waals surface area contributed by atoms with Crippen LogP contribution in [0.4, 0.5) is 17.1 Å². The number of aromatic nitrogens is 2. The third-order valence-electron chi connectivity index (χ3n) is 10.5. The Kier molecular flexibility index (Phi) is 6.42. The van der Waals surface area contributed by atoms with Gasteiger partial charge in [0.1, 0.15) is 5.82 Å². The van der Waals surface area contributed by atoms with Crippen LogP contribution in [-0.2, 0) is 10.8 Å². The van der Waals surface area contributed by atoms with E-state index in [0.29, 0.717) is 0 Å². The van der Waals surface area contributed by atoms with Crippen LogP contribution < -0.4 is 4.90 Å². The maximum Gasteiger partial charge on any atom is 0.145 e. The number of imidazole rings is 1. The number of para-hydroxylation sites is 2. The highest BCUT2D eigenvalue weighted by Crippen LogP contribution is 2.52. The molecule has 1 aliphatic heterocycles. The second-order valence-electron chi connectivity index (χ2n) is 14.9. The number of hydrogen-bond acceptors (Lipinski definition) is 2. The Bertz CT molecular complexity index is 2550. The van der Waals surface area contributed by atoms with Gasteiger partial charge in [-0.3, -0.25) is 4.57 Å². The summed E-state index contributed by atoms with van der Waals surface area (Å²) in [5, 5.41) is 4.84. The lowest BCUT2D eigenvalue weighted by atomic mass is 9.71. The second-order valence-corrected chi connectivity index (χ2v) is 14.9. The van der Waals surface area contributed by atoms with Crippen molar-refractivity contribution in [3.8, 4) is 17.1 Å². The fourth-order valence-corrected chi connectivity index (χ4v) is 7.94. The molecule has 1 aromatic heterocycles. The van der Waals surface area contributed by atoms with Crippen molar-refractivity contribution in [2.45, 2.75) is 45.4 Å². The molecule has 7 aromatic carbocycles. The summed E-state index contributed by atoms with van der Waals surface area (Å²) in [6.07, 6.45) is 0. The minimum absolute atomic E-state index is 0.0649. The third kappa shape index (κ3) is 4.45. The number of benzene rings is 7. The van der Waals surface area contributed by atoms with E-state index in [4.69, 9.17) is 4.98 Å². The molecule has 49 heavy (non-hydrogen) atoms. The van der Waals surface area contributed by atoms with Crippen LogP contribution in [-0.4, -0.2) is 9.55 Å². The Morgan fingerprint density at radius 1 is 0.531 bits per heavy atom. The lowest BCUT2D eigenvalue weighted by Gasteiger charge is -2.42. The summed E-state index contributed by atoms with van der Waals surface area (Å²) in [5.41, 5.74) is 11.9. The first-order chi connectivity index (χ1) is 23.7. The average Bonchev–Trinajstić information content (AvgIpc) is 3.53. The zero-order valence-electron chi connectivity index (χ0n) is 28.7. The normalized spacial score (nSPS) is 13.9. The van der Waals surface area contributed by atoms with Crippen LogP contribution in [0.1, 0.15) is 51.3 Å². The van der Waals surface area contributed by atoms with Gasteiger partial charge in [0.05, 0.1) is 22.4 Å². The predicted octanol–water partition coefficient (Wildman–Crippen LogP) is 12.4. The largest absolute Gasteiger partial charge is 0.310 e. The Hall–Kier alpha value is -5.67. The van der Waals surface area contributed by atoms with Gasteiger partial charge < -0.3 is 4.90 Å². The predicted molar refractivity (Wildman–Crippen MR) is 207 cm³/mol. The van der Waals surface area contributed by atoms with E-state index < -0.39 is 0 Å². The van der Waals surface area contributed by atoms with Crippen LogP contribution in [0.5, 0.6) is 0 Å². The quantitative estimate of drug-likeness (QED) is 0.181. The highest BCUT2D eigenvalue weighted by atomic mass is 15.2. The molecule has 0 aliphatic carbocycles. The molecule has 3 nitrogen and oxygen atoms in total. The van der Waals surface area contributed by atoms with Gasteiger partial charge in [-0.25, -0.2) is 4.98 Å². The number of nitrogens with zero attached hydrogens (tertiary/aromatic N) is 3. The molecule has 2 heterocycles. The number of rotatable bonds is 3. The van der Waals surface area contributed by atoms with E-state index in [-0.39, 0.29) is 10.8 Å². The van der Waals surface area contributed by atoms with Crippen molar-refractivity contribution in [3.63, 3.8) is 0 Å². The van der Waals surface area contributed by atoms with Crippen LogP contribution in [0.25, 0.3) is 49.7 Å². The number of fused-ring (bicyclic) bond motifs is 8. The SMILES string of the molecule is CC(C)(C)c1ccc2c(c1)C(C)(C)c1ccccc1N2c1ccc(-c2nc3c4ccccc4c4ccccc4c3n2-c2ccccc2)cc1. The zero-order chi connectivity index (χ0) is 33.5. The van der Waals surface area contributed by atoms with Crippen molar-refractivity contribution >= 4 is 49.6 Å². The van der Waals surface area contributed by atoms with Gasteiger partial charge in [-0.1, -0.05) is 132 Å². The van der Waals surface area contributed by atoms with Crippen molar-refractivity contribution in [2.75, 3.05) is 4.90 Å². The van der Waals surface area contributed by atoms with E-state index >= 15 is 0 Å². The molecular formula is C46H39N3. The van der Waals surface area contributed by atoms with Gasteiger partial charge in [0.25, 0.3) is 0 Å². The van der Waals surface area contributed by atoms with E-state index in [1.807, 2.05) is 0 Å². The monoisotopic (exact) mass is 633 g/mol. The van der Waals surface area contributed by atoms with Gasteiger partial charge in [-0.15, -0.1) is 0 Å². The molecule has 8 aromatic rings. The van der Waals surface area contributed by atoms with Crippen molar-refractivity contribution in [1.29, 1.82) is 0 Å². The molecular weight excluding hydrogens is 595 g/mol. The molecule has 9 rings (SSSR count). The summed E-state index contributed by atoms with van der Waals surface area (Å²) in [6.45, 7) is 11.6. The maximum atomic E-state index is 5.45. The van der Waals surface area contributed by atoms with Crippen LogP contribution in [0.15, 0.2) is 146 Å². The lowest BCUT2D eigenvalue weighted by molar-refractivity contribution is 0.580.